The molecule has 0 bridgehead atoms. The van der Waals surface area contributed by atoms with E-state index in [0.717, 1.165) is 26.4 Å². The Morgan fingerprint density at radius 3 is 2.35 bits per heavy atom. The molecule has 1 aromatic carbocycles. The SMILES string of the molecule is COC(=O)C1=C(C(=O)OC)N(c2cc(S(=O)(=O)O)ccc2OC)COC1. The summed E-state index contributed by atoms with van der Waals surface area (Å²) in [5.74, 6) is -1.48. The first-order chi connectivity index (χ1) is 12.2. The zero-order valence-corrected chi connectivity index (χ0v) is 15.0. The molecule has 2 rings (SSSR count). The Balaban J connectivity index is 2.71. The summed E-state index contributed by atoms with van der Waals surface area (Å²) in [5, 5.41) is 0. The van der Waals surface area contributed by atoms with E-state index >= 15 is 0 Å². The third-order valence-corrected chi connectivity index (χ3v) is 4.42. The first kappa shape index (κ1) is 19.7. The standard InChI is InChI=1S/C15H17NO9S/c1-22-12-5-4-9(26(19,20)21)6-11(12)16-8-25-7-10(14(17)23-2)13(16)15(18)24-3/h4-6H,7-8H2,1-3H3,(H,19,20,21). The van der Waals surface area contributed by atoms with Gasteiger partial charge in [-0.2, -0.15) is 8.42 Å². The summed E-state index contributed by atoms with van der Waals surface area (Å²) >= 11 is 0. The van der Waals surface area contributed by atoms with E-state index in [0.29, 0.717) is 0 Å². The molecule has 11 heteroatoms. The van der Waals surface area contributed by atoms with Crippen molar-refractivity contribution in [2.75, 3.05) is 39.6 Å². The van der Waals surface area contributed by atoms with Crippen molar-refractivity contribution in [2.45, 2.75) is 4.90 Å². The van der Waals surface area contributed by atoms with Gasteiger partial charge in [-0.1, -0.05) is 0 Å². The number of anilines is 1. The van der Waals surface area contributed by atoms with E-state index in [2.05, 4.69) is 4.74 Å². The van der Waals surface area contributed by atoms with Gasteiger partial charge in [0.05, 0.1) is 44.1 Å². The minimum atomic E-state index is -4.51. The van der Waals surface area contributed by atoms with Crippen LogP contribution in [0.3, 0.4) is 0 Å². The Kier molecular flexibility index (Phi) is 5.85. The van der Waals surface area contributed by atoms with Gasteiger partial charge >= 0.3 is 11.9 Å². The maximum absolute atomic E-state index is 12.3. The van der Waals surface area contributed by atoms with Crippen LogP contribution in [0.4, 0.5) is 5.69 Å². The second-order valence-electron chi connectivity index (χ2n) is 5.02. The van der Waals surface area contributed by atoms with Crippen LogP contribution in [0.2, 0.25) is 0 Å². The molecule has 0 radical (unpaired) electrons. The van der Waals surface area contributed by atoms with Crippen molar-refractivity contribution >= 4 is 27.7 Å². The Labute approximate surface area is 149 Å². The minimum absolute atomic E-state index is 0.0733. The Morgan fingerprint density at radius 2 is 1.81 bits per heavy atom. The molecule has 0 fully saturated rings. The molecule has 0 unspecified atom stereocenters. The number of esters is 2. The van der Waals surface area contributed by atoms with E-state index in [4.69, 9.17) is 14.2 Å². The van der Waals surface area contributed by atoms with Crippen LogP contribution in [0.15, 0.2) is 34.4 Å². The summed E-state index contributed by atoms with van der Waals surface area (Å²) in [5.41, 5.74) is -0.217. The Hall–Kier alpha value is -2.63. The number of nitrogens with zero attached hydrogens (tertiary/aromatic N) is 1. The van der Waals surface area contributed by atoms with E-state index < -0.39 is 27.0 Å². The molecule has 26 heavy (non-hydrogen) atoms. The predicted molar refractivity (Wildman–Crippen MR) is 87.2 cm³/mol. The topological polar surface area (TPSA) is 129 Å². The molecule has 0 amide bonds. The molecule has 1 heterocycles. The van der Waals surface area contributed by atoms with Crippen molar-refractivity contribution in [3.63, 3.8) is 0 Å². The van der Waals surface area contributed by atoms with Crippen molar-refractivity contribution in [3.8, 4) is 5.75 Å². The maximum atomic E-state index is 12.3. The van der Waals surface area contributed by atoms with Gasteiger partial charge in [0.25, 0.3) is 10.1 Å². The molecule has 1 aliphatic rings. The highest BCUT2D eigenvalue weighted by Gasteiger charge is 2.34. The molecule has 1 aliphatic heterocycles. The number of benzene rings is 1. The molecule has 0 aromatic heterocycles. The zero-order chi connectivity index (χ0) is 19.5. The highest BCUT2D eigenvalue weighted by molar-refractivity contribution is 7.85. The summed E-state index contributed by atoms with van der Waals surface area (Å²) in [7, 11) is -0.911. The third-order valence-electron chi connectivity index (χ3n) is 3.57. The molecule has 10 nitrogen and oxygen atoms in total. The number of carbonyl (C=O) groups is 2. The van der Waals surface area contributed by atoms with Gasteiger partial charge in [0.15, 0.2) is 0 Å². The van der Waals surface area contributed by atoms with Crippen molar-refractivity contribution in [3.05, 3.63) is 29.5 Å². The van der Waals surface area contributed by atoms with Crippen molar-refractivity contribution in [1.29, 1.82) is 0 Å². The monoisotopic (exact) mass is 387 g/mol. The lowest BCUT2D eigenvalue weighted by molar-refractivity contribution is -0.140. The number of rotatable bonds is 5. The Morgan fingerprint density at radius 1 is 1.15 bits per heavy atom. The number of methoxy groups -OCH3 is 3. The van der Waals surface area contributed by atoms with Gasteiger partial charge in [-0.3, -0.25) is 4.55 Å². The van der Waals surface area contributed by atoms with Crippen molar-refractivity contribution in [2.24, 2.45) is 0 Å². The lowest BCUT2D eigenvalue weighted by Crippen LogP contribution is -2.39. The van der Waals surface area contributed by atoms with Crippen LogP contribution < -0.4 is 9.64 Å². The fourth-order valence-electron chi connectivity index (χ4n) is 2.37. The highest BCUT2D eigenvalue weighted by Crippen LogP contribution is 2.35. The minimum Gasteiger partial charge on any atom is -0.495 e. The molecular weight excluding hydrogens is 370 g/mol. The van der Waals surface area contributed by atoms with Crippen LogP contribution in [0, 0.1) is 0 Å². The van der Waals surface area contributed by atoms with Crippen LogP contribution in [0.1, 0.15) is 0 Å². The van der Waals surface area contributed by atoms with Crippen LogP contribution in [0.25, 0.3) is 0 Å². The lowest BCUT2D eigenvalue weighted by Gasteiger charge is -2.32. The van der Waals surface area contributed by atoms with E-state index in [1.165, 1.54) is 18.1 Å². The van der Waals surface area contributed by atoms with Crippen LogP contribution >= 0.6 is 0 Å². The van der Waals surface area contributed by atoms with Crippen LogP contribution in [0.5, 0.6) is 5.75 Å². The fraction of sp³-hybridized carbons (Fsp3) is 0.333. The summed E-state index contributed by atoms with van der Waals surface area (Å²) in [4.78, 5) is 25.0. The second-order valence-corrected chi connectivity index (χ2v) is 6.45. The molecular formula is C15H17NO9S. The number of hydrogen-bond acceptors (Lipinski definition) is 9. The average Bonchev–Trinajstić information content (AvgIpc) is 2.64. The van der Waals surface area contributed by atoms with Crippen molar-refractivity contribution in [1.82, 2.24) is 0 Å². The van der Waals surface area contributed by atoms with E-state index in [1.807, 2.05) is 0 Å². The molecule has 1 N–H and O–H groups in total. The number of hydrogen-bond donors (Lipinski definition) is 1. The predicted octanol–water partition coefficient (Wildman–Crippen LogP) is 0.336. The van der Waals surface area contributed by atoms with Gasteiger partial charge in [0.2, 0.25) is 0 Å². The Bertz CT molecular complexity index is 860. The number of carbonyl (C=O) groups excluding carboxylic acids is 2. The van der Waals surface area contributed by atoms with E-state index in [1.54, 1.807) is 0 Å². The van der Waals surface area contributed by atoms with Gasteiger partial charge in [0.1, 0.15) is 18.2 Å². The highest BCUT2D eigenvalue weighted by atomic mass is 32.2. The van der Waals surface area contributed by atoms with Crippen LogP contribution in [-0.4, -0.2) is 59.6 Å². The normalized spacial score (nSPS) is 14.8. The molecule has 1 aromatic rings. The first-order valence-electron chi connectivity index (χ1n) is 7.15. The summed E-state index contributed by atoms with van der Waals surface area (Å²) in [6, 6.07) is 3.51. The van der Waals surface area contributed by atoms with Gasteiger partial charge in [-0.25, -0.2) is 9.59 Å². The van der Waals surface area contributed by atoms with E-state index in [9.17, 15) is 22.6 Å². The average molecular weight is 387 g/mol. The largest absolute Gasteiger partial charge is 0.495 e. The van der Waals surface area contributed by atoms with E-state index in [-0.39, 0.29) is 36.0 Å². The lowest BCUT2D eigenvalue weighted by atomic mass is 10.1. The van der Waals surface area contributed by atoms with Gasteiger partial charge < -0.3 is 23.8 Å². The fourth-order valence-corrected chi connectivity index (χ4v) is 2.88. The van der Waals surface area contributed by atoms with Crippen LogP contribution in [-0.2, 0) is 33.9 Å². The third kappa shape index (κ3) is 3.79. The number of ether oxygens (including phenoxy) is 4. The summed E-state index contributed by atoms with van der Waals surface area (Å²) < 4.78 is 52.1. The molecule has 0 saturated carbocycles. The quantitative estimate of drug-likeness (QED) is 0.557. The smallest absolute Gasteiger partial charge is 0.355 e. The summed E-state index contributed by atoms with van der Waals surface area (Å²) in [6.07, 6.45) is 0. The van der Waals surface area contributed by atoms with Gasteiger partial charge in [-0.05, 0) is 18.2 Å². The maximum Gasteiger partial charge on any atom is 0.355 e. The van der Waals surface area contributed by atoms with Gasteiger partial charge in [-0.15, -0.1) is 0 Å². The first-order valence-corrected chi connectivity index (χ1v) is 8.59. The molecule has 0 spiro atoms. The second kappa shape index (κ2) is 7.72. The molecule has 142 valence electrons. The van der Waals surface area contributed by atoms with Gasteiger partial charge in [0, 0.05) is 0 Å². The van der Waals surface area contributed by atoms with Crippen molar-refractivity contribution < 1.29 is 41.5 Å². The molecule has 0 saturated heterocycles. The molecule has 0 atom stereocenters. The molecule has 0 aliphatic carbocycles. The zero-order valence-electron chi connectivity index (χ0n) is 14.2. The summed E-state index contributed by atoms with van der Waals surface area (Å²) in [6.45, 7) is -0.399.